The third-order valence-electron chi connectivity index (χ3n) is 2.58. The van der Waals surface area contributed by atoms with Crippen LogP contribution in [-0.2, 0) is 19.4 Å². The van der Waals surface area contributed by atoms with Crippen LogP contribution in [0.4, 0.5) is 0 Å². The van der Waals surface area contributed by atoms with Crippen LogP contribution in [0.3, 0.4) is 0 Å². The first kappa shape index (κ1) is 20.1. The molecule has 0 aliphatic carbocycles. The van der Waals surface area contributed by atoms with Crippen molar-refractivity contribution in [2.24, 2.45) is 0 Å². The molecule has 2 N–H and O–H groups in total. The summed E-state index contributed by atoms with van der Waals surface area (Å²) in [7, 11) is 0. The lowest BCUT2D eigenvalue weighted by molar-refractivity contribution is -0.187. The van der Waals surface area contributed by atoms with E-state index in [1.54, 1.807) is 60.7 Å². The first-order valence-corrected chi connectivity index (χ1v) is 7.07. The van der Waals surface area contributed by atoms with Crippen molar-refractivity contribution in [2.75, 3.05) is 0 Å². The van der Waals surface area contributed by atoms with E-state index in [1.165, 1.54) is 0 Å². The average Bonchev–Trinajstić information content (AvgIpc) is 2.66. The topological polar surface area (TPSA) is 127 Å². The minimum Gasteiger partial charge on any atom is -0.478 e. The highest BCUT2D eigenvalue weighted by molar-refractivity contribution is 5.92. The molecule has 0 fully saturated rings. The van der Waals surface area contributed by atoms with Gasteiger partial charge in [-0.25, -0.2) is 29.0 Å². The third-order valence-corrected chi connectivity index (χ3v) is 2.58. The molecule has 0 bridgehead atoms. The predicted molar refractivity (Wildman–Crippen MR) is 88.1 cm³/mol. The van der Waals surface area contributed by atoms with Gasteiger partial charge < -0.3 is 10.2 Å². The Morgan fingerprint density at radius 3 is 1.19 bits per heavy atom. The van der Waals surface area contributed by atoms with Crippen LogP contribution in [0.5, 0.6) is 0 Å². The van der Waals surface area contributed by atoms with Crippen LogP contribution in [0.2, 0.25) is 0 Å². The standard InChI is InChI=1S/C14H10O4.C4H4O4/c15-13(11-7-3-1-4-8-11)17-18-14(16)12-9-5-2-6-10-12;5-3(6)1-2-4(7)8/h1-10H;1-2H,(H,5,6)(H,7,8)/b;2-1-. The highest BCUT2D eigenvalue weighted by atomic mass is 17.2. The molecule has 0 spiro atoms. The van der Waals surface area contributed by atoms with Crippen LogP contribution in [0, 0.1) is 0 Å². The van der Waals surface area contributed by atoms with E-state index < -0.39 is 23.9 Å². The van der Waals surface area contributed by atoms with E-state index in [9.17, 15) is 19.2 Å². The van der Waals surface area contributed by atoms with Gasteiger partial charge in [-0.2, -0.15) is 0 Å². The molecule has 26 heavy (non-hydrogen) atoms. The number of aliphatic carboxylic acids is 2. The fourth-order valence-electron chi connectivity index (χ4n) is 1.46. The number of carbonyl (C=O) groups excluding carboxylic acids is 2. The molecule has 8 nitrogen and oxygen atoms in total. The van der Waals surface area contributed by atoms with Crippen molar-refractivity contribution in [3.05, 3.63) is 83.9 Å². The molecule has 0 atom stereocenters. The SMILES string of the molecule is O=C(O)/C=C\C(=O)O.O=C(OOC(=O)c1ccccc1)c1ccccc1. The second kappa shape index (κ2) is 10.8. The molecule has 2 aromatic carbocycles. The largest absolute Gasteiger partial charge is 0.478 e. The Morgan fingerprint density at radius 1 is 0.615 bits per heavy atom. The van der Waals surface area contributed by atoms with E-state index in [2.05, 4.69) is 9.78 Å². The molecule has 0 saturated heterocycles. The molecule has 0 radical (unpaired) electrons. The number of carboxylic acids is 2. The number of carboxylic acid groups (broad SMARTS) is 2. The molecule has 0 heterocycles. The van der Waals surface area contributed by atoms with Gasteiger partial charge in [-0.3, -0.25) is 0 Å². The monoisotopic (exact) mass is 358 g/mol. The van der Waals surface area contributed by atoms with Crippen molar-refractivity contribution in [1.82, 2.24) is 0 Å². The third kappa shape index (κ3) is 8.06. The molecule has 2 rings (SSSR count). The van der Waals surface area contributed by atoms with Gasteiger partial charge in [0.2, 0.25) is 0 Å². The second-order valence-electron chi connectivity index (χ2n) is 4.48. The van der Waals surface area contributed by atoms with Gasteiger partial charge in [0, 0.05) is 12.2 Å². The Hall–Kier alpha value is -3.94. The maximum absolute atomic E-state index is 11.5. The summed E-state index contributed by atoms with van der Waals surface area (Å²) in [6, 6.07) is 16.6. The Bertz CT molecular complexity index is 714. The Balaban J connectivity index is 0.000000359. The summed E-state index contributed by atoms with van der Waals surface area (Å²) in [6.07, 6.45) is 1.12. The molecule has 0 amide bonds. The maximum atomic E-state index is 11.5. The van der Waals surface area contributed by atoms with E-state index in [1.807, 2.05) is 0 Å². The van der Waals surface area contributed by atoms with Crippen LogP contribution < -0.4 is 0 Å². The van der Waals surface area contributed by atoms with Crippen molar-refractivity contribution in [3.63, 3.8) is 0 Å². The lowest BCUT2D eigenvalue weighted by Gasteiger charge is -2.02. The number of hydrogen-bond acceptors (Lipinski definition) is 6. The van der Waals surface area contributed by atoms with Gasteiger partial charge in [0.1, 0.15) is 0 Å². The summed E-state index contributed by atoms with van der Waals surface area (Å²) in [5.74, 6) is -3.93. The van der Waals surface area contributed by atoms with Crippen LogP contribution in [0.25, 0.3) is 0 Å². The summed E-state index contributed by atoms with van der Waals surface area (Å²) in [6.45, 7) is 0. The normalized spacial score (nSPS) is 9.54. The van der Waals surface area contributed by atoms with Crippen LogP contribution in [0.15, 0.2) is 72.8 Å². The Morgan fingerprint density at radius 2 is 0.923 bits per heavy atom. The van der Waals surface area contributed by atoms with Gasteiger partial charge in [0.05, 0.1) is 11.1 Å². The number of carbonyl (C=O) groups is 4. The summed E-state index contributed by atoms with van der Waals surface area (Å²) in [4.78, 5) is 51.0. The zero-order valence-corrected chi connectivity index (χ0v) is 13.3. The Labute approximate surface area is 147 Å². The van der Waals surface area contributed by atoms with Crippen LogP contribution in [0.1, 0.15) is 20.7 Å². The van der Waals surface area contributed by atoms with Crippen molar-refractivity contribution in [3.8, 4) is 0 Å². The van der Waals surface area contributed by atoms with Crippen molar-refractivity contribution in [1.29, 1.82) is 0 Å². The highest BCUT2D eigenvalue weighted by Crippen LogP contribution is 2.05. The molecule has 2 aromatic rings. The fraction of sp³-hybridized carbons (Fsp3) is 0. The summed E-state index contributed by atoms with van der Waals surface area (Å²) >= 11 is 0. The summed E-state index contributed by atoms with van der Waals surface area (Å²) < 4.78 is 0. The lowest BCUT2D eigenvalue weighted by atomic mass is 10.2. The van der Waals surface area contributed by atoms with E-state index in [4.69, 9.17) is 10.2 Å². The van der Waals surface area contributed by atoms with Gasteiger partial charge in [-0.15, -0.1) is 0 Å². The quantitative estimate of drug-likeness (QED) is 0.484. The first-order valence-electron chi connectivity index (χ1n) is 7.07. The van der Waals surface area contributed by atoms with Gasteiger partial charge in [0.15, 0.2) is 0 Å². The predicted octanol–water partition coefficient (Wildman–Crippen LogP) is 2.33. The maximum Gasteiger partial charge on any atom is 0.386 e. The number of hydrogen-bond donors (Lipinski definition) is 2. The fourth-order valence-corrected chi connectivity index (χ4v) is 1.46. The highest BCUT2D eigenvalue weighted by Gasteiger charge is 2.12. The molecule has 0 unspecified atom stereocenters. The Kier molecular flexibility index (Phi) is 8.32. The summed E-state index contributed by atoms with van der Waals surface area (Å²) in [5, 5.41) is 15.6. The molecule has 0 aliphatic rings. The molecule has 134 valence electrons. The van der Waals surface area contributed by atoms with E-state index in [-0.39, 0.29) is 0 Å². The van der Waals surface area contributed by atoms with Gasteiger partial charge in [0.25, 0.3) is 0 Å². The van der Waals surface area contributed by atoms with Gasteiger partial charge >= 0.3 is 23.9 Å². The number of rotatable bonds is 4. The minimum atomic E-state index is -1.26. The minimum absolute atomic E-state index is 0.318. The molecular formula is C18H14O8. The lowest BCUT2D eigenvalue weighted by Crippen LogP contribution is -2.11. The zero-order valence-electron chi connectivity index (χ0n) is 13.3. The van der Waals surface area contributed by atoms with E-state index in [0.717, 1.165) is 0 Å². The van der Waals surface area contributed by atoms with E-state index >= 15 is 0 Å². The zero-order chi connectivity index (χ0) is 19.4. The second-order valence-corrected chi connectivity index (χ2v) is 4.48. The molecule has 0 saturated carbocycles. The molecule has 8 heteroatoms. The molecular weight excluding hydrogens is 344 g/mol. The summed E-state index contributed by atoms with van der Waals surface area (Å²) in [5.41, 5.74) is 0.636. The first-order chi connectivity index (χ1) is 12.4. The van der Waals surface area contributed by atoms with Gasteiger partial charge in [-0.05, 0) is 24.3 Å². The van der Waals surface area contributed by atoms with Crippen molar-refractivity contribution < 1.29 is 39.2 Å². The van der Waals surface area contributed by atoms with Gasteiger partial charge in [-0.1, -0.05) is 36.4 Å². The van der Waals surface area contributed by atoms with Crippen molar-refractivity contribution >= 4 is 23.9 Å². The van der Waals surface area contributed by atoms with Crippen LogP contribution >= 0.6 is 0 Å². The van der Waals surface area contributed by atoms with Crippen LogP contribution in [-0.4, -0.2) is 34.1 Å². The van der Waals surface area contributed by atoms with Crippen molar-refractivity contribution in [2.45, 2.75) is 0 Å². The smallest absolute Gasteiger partial charge is 0.386 e. The van der Waals surface area contributed by atoms with E-state index in [0.29, 0.717) is 23.3 Å². The average molecular weight is 358 g/mol. The molecule has 0 aromatic heterocycles. The number of benzene rings is 2. The molecule has 0 aliphatic heterocycles.